The van der Waals surface area contributed by atoms with Crippen LogP contribution in [0.3, 0.4) is 0 Å². The van der Waals surface area contributed by atoms with E-state index in [1.165, 1.54) is 11.1 Å². The highest BCUT2D eigenvalue weighted by molar-refractivity contribution is 8.01. The second-order valence-corrected chi connectivity index (χ2v) is 40.6. The van der Waals surface area contributed by atoms with Crippen molar-refractivity contribution >= 4 is 63.7 Å². The van der Waals surface area contributed by atoms with E-state index in [0.29, 0.717) is 33.2 Å². The van der Waals surface area contributed by atoms with E-state index < -0.39 is 16.6 Å². The molecule has 2 N–H and O–H groups in total. The minimum Gasteiger partial charge on any atom is -0.541 e. The van der Waals surface area contributed by atoms with Gasteiger partial charge in [0, 0.05) is 0 Å². The van der Waals surface area contributed by atoms with Crippen molar-refractivity contribution < 1.29 is 19.1 Å². The van der Waals surface area contributed by atoms with Crippen LogP contribution in [0.15, 0.2) is 87.7 Å². The Labute approximate surface area is 433 Å². The first-order valence-corrected chi connectivity index (χ1v) is 32.7. The summed E-state index contributed by atoms with van der Waals surface area (Å²) in [5.41, 5.74) is 5.76. The van der Waals surface area contributed by atoms with E-state index in [-0.39, 0.29) is 33.2 Å². The lowest BCUT2D eigenvalue weighted by Crippen LogP contribution is -2.51. The van der Waals surface area contributed by atoms with Crippen LogP contribution in [0.1, 0.15) is 188 Å². The smallest absolute Gasteiger partial charge is 0.258 e. The molecular weight excluding hydrogens is 945 g/mol. The zero-order chi connectivity index (χ0) is 51.6. The molecule has 0 saturated heterocycles. The molecule has 0 radical (unpaired) electrons. The van der Waals surface area contributed by atoms with E-state index in [2.05, 4.69) is 215 Å². The molecule has 5 rings (SSSR count). The summed E-state index contributed by atoms with van der Waals surface area (Å²) in [7, 11) is -5.10. The van der Waals surface area contributed by atoms with Gasteiger partial charge in [0.25, 0.3) is 16.6 Å². The summed E-state index contributed by atoms with van der Waals surface area (Å²) in [6.07, 6.45) is 0. The molecule has 0 amide bonds. The van der Waals surface area contributed by atoms with E-state index in [0.717, 1.165) is 61.8 Å². The lowest BCUT2D eigenvalue weighted by atomic mass is 9.87. The summed E-state index contributed by atoms with van der Waals surface area (Å²) in [6, 6.07) is 18.1. The number of hydrogen-bond acceptors (Lipinski definition) is 8. The van der Waals surface area contributed by atoms with Crippen LogP contribution >= 0.6 is 47.0 Å². The van der Waals surface area contributed by atoms with Gasteiger partial charge in [0.2, 0.25) is 0 Å². The third kappa shape index (κ3) is 11.6. The van der Waals surface area contributed by atoms with Gasteiger partial charge in [-0.2, -0.15) is 0 Å². The number of hydrogen-bond donors (Lipinski definition) is 2. The van der Waals surface area contributed by atoms with Crippen LogP contribution in [-0.4, -0.2) is 26.8 Å². The largest absolute Gasteiger partial charge is 0.541 e. The molecular formula is C58H88O4S4Si2. The SMILES string of the molecule is CC(C)[Si](Oc1c2cc(C(C)(C)C)cc1Sc1cc(C(C)(C)C)cc(c1O)Sc1cc(C(C)(C)C)cc(c1O[Si](C(C)C)(C(C)C)C(C)C)Sc1cc(C(C)(C)C)cc(c1O)S2)(C(C)C)C(C)C. The molecule has 1 heterocycles. The summed E-state index contributed by atoms with van der Waals surface area (Å²) in [5, 5.41) is 25.9. The Kier molecular flexibility index (Phi) is 17.1. The molecule has 1 aliphatic heterocycles. The van der Waals surface area contributed by atoms with Gasteiger partial charge in [0.05, 0.1) is 39.2 Å². The highest BCUT2D eigenvalue weighted by Gasteiger charge is 2.49. The van der Waals surface area contributed by atoms with Gasteiger partial charge in [0.1, 0.15) is 23.0 Å². The van der Waals surface area contributed by atoms with Gasteiger partial charge in [-0.3, -0.25) is 0 Å². The standard InChI is InChI=1S/C58H88O4S4Si2/c1-33(2)67(34(3)4,35(5)6)61-53-47-29-41(57(19,20)21)30-48(53)64-44-26-40(56(16,17)18)28-46(52(44)60)66-50-32-42(58(22,23)24)31-49(54(50)62-68(36(7)8,37(9)10)38(11)12)65-45-27-39(55(13,14)15)25-43(63-47)51(45)59/h25-38,59-60H,1-24H3. The molecule has 10 heteroatoms. The average Bonchev–Trinajstić information content (AvgIpc) is 3.17. The summed E-state index contributed by atoms with van der Waals surface area (Å²) in [5.74, 6) is 2.22. The van der Waals surface area contributed by atoms with Crippen molar-refractivity contribution in [1.29, 1.82) is 0 Å². The quantitative estimate of drug-likeness (QED) is 0.134. The van der Waals surface area contributed by atoms with Gasteiger partial charge in [-0.05, 0) is 126 Å². The first kappa shape index (κ1) is 56.8. The second kappa shape index (κ2) is 20.4. The van der Waals surface area contributed by atoms with Crippen LogP contribution in [0, 0.1) is 0 Å². The maximum Gasteiger partial charge on any atom is 0.258 e. The third-order valence-corrected chi connectivity index (χ3v) is 30.6. The number of benzene rings is 4. The van der Waals surface area contributed by atoms with Crippen molar-refractivity contribution in [3.05, 3.63) is 70.8 Å². The minimum atomic E-state index is -2.55. The van der Waals surface area contributed by atoms with Gasteiger partial charge in [-0.25, -0.2) is 0 Å². The maximum atomic E-state index is 12.9. The molecule has 376 valence electrons. The molecule has 8 bridgehead atoms. The van der Waals surface area contributed by atoms with Crippen LogP contribution in [0.25, 0.3) is 0 Å². The highest BCUT2D eigenvalue weighted by Crippen LogP contribution is 2.58. The van der Waals surface area contributed by atoms with Gasteiger partial charge >= 0.3 is 0 Å². The fraction of sp³-hybridized carbons (Fsp3) is 0.586. The van der Waals surface area contributed by atoms with Crippen molar-refractivity contribution in [3.63, 3.8) is 0 Å². The van der Waals surface area contributed by atoms with Gasteiger partial charge < -0.3 is 19.1 Å². The fourth-order valence-electron chi connectivity index (χ4n) is 10.4. The van der Waals surface area contributed by atoms with Crippen molar-refractivity contribution in [2.45, 2.75) is 260 Å². The van der Waals surface area contributed by atoms with Gasteiger partial charge in [0.15, 0.2) is 0 Å². The van der Waals surface area contributed by atoms with E-state index in [4.69, 9.17) is 8.85 Å². The van der Waals surface area contributed by atoms with Gasteiger partial charge in [-0.15, -0.1) is 0 Å². The van der Waals surface area contributed by atoms with Crippen LogP contribution in [0.5, 0.6) is 23.0 Å². The second-order valence-electron chi connectivity index (χ2n) is 25.5. The highest BCUT2D eigenvalue weighted by atomic mass is 32.2. The monoisotopic (exact) mass is 1030 g/mol. The molecule has 0 aliphatic carbocycles. The molecule has 0 saturated carbocycles. The lowest BCUT2D eigenvalue weighted by molar-refractivity contribution is 0.445. The Hall–Kier alpha value is -2.09. The molecule has 0 aromatic heterocycles. The molecule has 0 spiro atoms. The van der Waals surface area contributed by atoms with Crippen molar-refractivity contribution in [2.24, 2.45) is 0 Å². The van der Waals surface area contributed by atoms with Crippen LogP contribution in [0.4, 0.5) is 0 Å². The molecule has 4 nitrogen and oxygen atoms in total. The van der Waals surface area contributed by atoms with Crippen LogP contribution in [0.2, 0.25) is 33.2 Å². The summed E-state index contributed by atoms with van der Waals surface area (Å²) in [6.45, 7) is 55.2. The Bertz CT molecular complexity index is 2150. The topological polar surface area (TPSA) is 58.9 Å². The molecule has 1 aliphatic rings. The predicted octanol–water partition coefficient (Wildman–Crippen LogP) is 20.3. The normalized spacial score (nSPS) is 14.6. The Morgan fingerprint density at radius 3 is 0.632 bits per heavy atom. The van der Waals surface area contributed by atoms with E-state index in [1.54, 1.807) is 47.0 Å². The molecule has 4 aromatic rings. The van der Waals surface area contributed by atoms with E-state index in [1.807, 2.05) is 0 Å². The molecule has 0 unspecified atom stereocenters. The maximum absolute atomic E-state index is 12.9. The number of aromatic hydroxyl groups is 2. The van der Waals surface area contributed by atoms with Crippen molar-refractivity contribution in [3.8, 4) is 23.0 Å². The first-order valence-electron chi connectivity index (χ1n) is 25.2. The first-order chi connectivity index (χ1) is 31.0. The summed E-state index contributed by atoms with van der Waals surface area (Å²) >= 11 is 6.46. The average molecular weight is 1030 g/mol. The lowest BCUT2D eigenvalue weighted by Gasteiger charge is -2.43. The van der Waals surface area contributed by atoms with Crippen molar-refractivity contribution in [2.75, 3.05) is 0 Å². The van der Waals surface area contributed by atoms with Crippen LogP contribution in [-0.2, 0) is 21.7 Å². The summed E-state index contributed by atoms with van der Waals surface area (Å²) < 4.78 is 15.8. The molecule has 0 fully saturated rings. The molecule has 4 aromatic carbocycles. The zero-order valence-electron chi connectivity index (χ0n) is 46.4. The number of phenolic OH excluding ortho intramolecular Hbond substituents is 2. The number of phenols is 2. The number of fused-ring (bicyclic) bond motifs is 8. The summed E-state index contributed by atoms with van der Waals surface area (Å²) in [4.78, 5) is 7.10. The van der Waals surface area contributed by atoms with Crippen molar-refractivity contribution in [1.82, 2.24) is 0 Å². The fourth-order valence-corrected chi connectivity index (χ4v) is 25.8. The molecule has 0 atom stereocenters. The zero-order valence-corrected chi connectivity index (χ0v) is 51.7. The van der Waals surface area contributed by atoms with E-state index >= 15 is 0 Å². The van der Waals surface area contributed by atoms with E-state index in [9.17, 15) is 10.2 Å². The number of rotatable bonds is 10. The third-order valence-electron chi connectivity index (χ3n) is 14.4. The van der Waals surface area contributed by atoms with Gasteiger partial charge in [-0.1, -0.05) is 213 Å². The molecule has 68 heavy (non-hydrogen) atoms. The Balaban J connectivity index is 2.07. The Morgan fingerprint density at radius 2 is 0.485 bits per heavy atom. The van der Waals surface area contributed by atoms with Crippen LogP contribution < -0.4 is 8.85 Å². The minimum absolute atomic E-state index is 0.205. The predicted molar refractivity (Wildman–Crippen MR) is 304 cm³/mol. The Morgan fingerprint density at radius 1 is 0.324 bits per heavy atom.